The van der Waals surface area contributed by atoms with Crippen molar-refractivity contribution in [1.82, 2.24) is 29.4 Å². The van der Waals surface area contributed by atoms with Gasteiger partial charge >= 0.3 is 0 Å². The van der Waals surface area contributed by atoms with Gasteiger partial charge in [-0.1, -0.05) is 60.7 Å². The van der Waals surface area contributed by atoms with E-state index in [0.717, 1.165) is 35.3 Å². The molecule has 0 aliphatic carbocycles. The molecule has 0 radical (unpaired) electrons. The van der Waals surface area contributed by atoms with Gasteiger partial charge in [-0.05, 0) is 17.5 Å². The summed E-state index contributed by atoms with van der Waals surface area (Å²) in [5, 5.41) is 10.0. The fraction of sp³-hybridized carbons (Fsp3) is 0.143. The molecule has 3 heterocycles. The Morgan fingerprint density at radius 2 is 1.52 bits per heavy atom. The molecule has 0 saturated heterocycles. The molecule has 2 aromatic carbocycles. The lowest BCUT2D eigenvalue weighted by atomic mass is 10.1. The maximum Gasteiger partial charge on any atom is 0.170 e. The highest BCUT2D eigenvalue weighted by Gasteiger charge is 2.12. The summed E-state index contributed by atoms with van der Waals surface area (Å²) in [6, 6.07) is 20.7. The molecule has 5 rings (SSSR count). The summed E-state index contributed by atoms with van der Waals surface area (Å²) in [5.74, 6) is 0.823. The third-order valence-corrected chi connectivity index (χ3v) is 4.67. The van der Waals surface area contributed by atoms with Crippen LogP contribution in [0.2, 0.25) is 0 Å². The Hall–Kier alpha value is -3.54. The SMILES string of the molecule is c1ccc(CCc2nc3c4cnn(Cc5ccccc5)c4ncn3n2)cc1. The number of fused-ring (bicyclic) bond motifs is 3. The number of nitrogens with zero attached hydrogens (tertiary/aromatic N) is 6. The number of hydrogen-bond donors (Lipinski definition) is 0. The van der Waals surface area contributed by atoms with Gasteiger partial charge in [0.05, 0.1) is 18.1 Å². The average molecular weight is 354 g/mol. The van der Waals surface area contributed by atoms with Gasteiger partial charge in [-0.3, -0.25) is 0 Å². The maximum absolute atomic E-state index is 4.73. The topological polar surface area (TPSA) is 60.9 Å². The summed E-state index contributed by atoms with van der Waals surface area (Å²) in [5.41, 5.74) is 4.11. The van der Waals surface area contributed by atoms with Crippen LogP contribution in [0.1, 0.15) is 17.0 Å². The molecule has 6 nitrogen and oxygen atoms in total. The smallest absolute Gasteiger partial charge is 0.170 e. The first kappa shape index (κ1) is 15.7. The van der Waals surface area contributed by atoms with Crippen molar-refractivity contribution in [2.24, 2.45) is 0 Å². The van der Waals surface area contributed by atoms with Crippen LogP contribution < -0.4 is 0 Å². The van der Waals surface area contributed by atoms with E-state index in [-0.39, 0.29) is 0 Å². The summed E-state index contributed by atoms with van der Waals surface area (Å²) in [7, 11) is 0. The van der Waals surface area contributed by atoms with Crippen molar-refractivity contribution in [2.75, 3.05) is 0 Å². The van der Waals surface area contributed by atoms with E-state index in [1.165, 1.54) is 11.1 Å². The van der Waals surface area contributed by atoms with Gasteiger partial charge in [0.2, 0.25) is 0 Å². The van der Waals surface area contributed by atoms with Crippen molar-refractivity contribution in [2.45, 2.75) is 19.4 Å². The Labute approximate surface area is 156 Å². The highest BCUT2D eigenvalue weighted by Crippen LogP contribution is 2.18. The Morgan fingerprint density at radius 3 is 2.30 bits per heavy atom. The minimum atomic E-state index is 0.683. The van der Waals surface area contributed by atoms with Crippen molar-refractivity contribution in [3.63, 3.8) is 0 Å². The summed E-state index contributed by atoms with van der Waals surface area (Å²) in [6.07, 6.45) is 5.27. The molecule has 0 amide bonds. The Balaban J connectivity index is 1.45. The molecule has 27 heavy (non-hydrogen) atoms. The van der Waals surface area contributed by atoms with E-state index in [1.54, 1.807) is 10.8 Å². The Kier molecular flexibility index (Phi) is 3.86. The van der Waals surface area contributed by atoms with Crippen molar-refractivity contribution in [1.29, 1.82) is 0 Å². The van der Waals surface area contributed by atoms with Crippen LogP contribution in [0.25, 0.3) is 16.7 Å². The highest BCUT2D eigenvalue weighted by molar-refractivity contribution is 5.88. The van der Waals surface area contributed by atoms with Gasteiger partial charge < -0.3 is 0 Å². The van der Waals surface area contributed by atoms with Crippen molar-refractivity contribution >= 4 is 16.7 Å². The van der Waals surface area contributed by atoms with E-state index in [2.05, 4.69) is 51.6 Å². The van der Waals surface area contributed by atoms with Crippen LogP contribution in [-0.4, -0.2) is 29.4 Å². The molecule has 0 bridgehead atoms. The fourth-order valence-corrected chi connectivity index (χ4v) is 3.29. The zero-order valence-electron chi connectivity index (χ0n) is 14.7. The van der Waals surface area contributed by atoms with Gasteiger partial charge in [0.25, 0.3) is 0 Å². The molecule has 0 N–H and O–H groups in total. The van der Waals surface area contributed by atoms with Crippen molar-refractivity contribution in [3.8, 4) is 0 Å². The van der Waals surface area contributed by atoms with Crippen LogP contribution in [0.15, 0.2) is 73.2 Å². The summed E-state index contributed by atoms with van der Waals surface area (Å²) in [6.45, 7) is 0.683. The molecule has 0 aliphatic rings. The number of aryl methyl sites for hydroxylation is 2. The normalized spacial score (nSPS) is 11.4. The predicted molar refractivity (Wildman–Crippen MR) is 103 cm³/mol. The molecule has 0 spiro atoms. The standard InChI is InChI=1S/C21H18N6/c1-3-7-16(8-4-1)11-12-19-24-21-18-13-23-26(14-17-9-5-2-6-10-17)20(18)22-15-27(21)25-19/h1-10,13,15H,11-12,14H2. The predicted octanol–water partition coefficient (Wildman–Crippen LogP) is 3.31. The number of hydrogen-bond acceptors (Lipinski definition) is 4. The van der Waals surface area contributed by atoms with Gasteiger partial charge in [0, 0.05) is 6.42 Å². The quantitative estimate of drug-likeness (QED) is 0.486. The molecule has 0 unspecified atom stereocenters. The third-order valence-electron chi connectivity index (χ3n) is 4.67. The summed E-state index contributed by atoms with van der Waals surface area (Å²) >= 11 is 0. The number of aromatic nitrogens is 6. The van der Waals surface area contributed by atoms with Crippen LogP contribution >= 0.6 is 0 Å². The Morgan fingerprint density at radius 1 is 0.778 bits per heavy atom. The second-order valence-electron chi connectivity index (χ2n) is 6.55. The Bertz CT molecular complexity index is 1190. The molecule has 132 valence electrons. The molecule has 0 saturated carbocycles. The third kappa shape index (κ3) is 3.06. The monoisotopic (exact) mass is 354 g/mol. The molecule has 5 aromatic rings. The average Bonchev–Trinajstić information content (AvgIpc) is 3.32. The number of benzene rings is 2. The van der Waals surface area contributed by atoms with Gasteiger partial charge in [0.15, 0.2) is 17.1 Å². The second kappa shape index (κ2) is 6.64. The lowest BCUT2D eigenvalue weighted by molar-refractivity contribution is 0.702. The van der Waals surface area contributed by atoms with Crippen LogP contribution in [0.4, 0.5) is 0 Å². The van der Waals surface area contributed by atoms with E-state index in [0.29, 0.717) is 6.54 Å². The maximum atomic E-state index is 4.73. The summed E-state index contributed by atoms with van der Waals surface area (Å²) in [4.78, 5) is 9.29. The van der Waals surface area contributed by atoms with Crippen molar-refractivity contribution in [3.05, 3.63) is 90.1 Å². The van der Waals surface area contributed by atoms with E-state index in [9.17, 15) is 0 Å². The molecule has 6 heteroatoms. The van der Waals surface area contributed by atoms with Crippen LogP contribution in [0.5, 0.6) is 0 Å². The van der Waals surface area contributed by atoms with Crippen LogP contribution in [0.3, 0.4) is 0 Å². The molecular formula is C21H18N6. The zero-order valence-corrected chi connectivity index (χ0v) is 14.7. The van der Waals surface area contributed by atoms with E-state index >= 15 is 0 Å². The minimum absolute atomic E-state index is 0.683. The van der Waals surface area contributed by atoms with E-state index in [1.807, 2.05) is 35.1 Å². The molecule has 0 fully saturated rings. The van der Waals surface area contributed by atoms with E-state index in [4.69, 9.17) is 4.98 Å². The van der Waals surface area contributed by atoms with Crippen LogP contribution in [-0.2, 0) is 19.4 Å². The lowest BCUT2D eigenvalue weighted by Crippen LogP contribution is -2.03. The molecule has 3 aromatic heterocycles. The second-order valence-corrected chi connectivity index (χ2v) is 6.55. The van der Waals surface area contributed by atoms with Gasteiger partial charge in [0.1, 0.15) is 6.33 Å². The van der Waals surface area contributed by atoms with Gasteiger partial charge in [-0.25, -0.2) is 19.2 Å². The first-order chi connectivity index (χ1) is 13.4. The van der Waals surface area contributed by atoms with E-state index < -0.39 is 0 Å². The van der Waals surface area contributed by atoms with Crippen LogP contribution in [0, 0.1) is 0 Å². The molecule has 0 aliphatic heterocycles. The first-order valence-corrected chi connectivity index (χ1v) is 9.00. The highest BCUT2D eigenvalue weighted by atomic mass is 15.3. The minimum Gasteiger partial charge on any atom is -0.243 e. The largest absolute Gasteiger partial charge is 0.243 e. The summed E-state index contributed by atoms with van der Waals surface area (Å²) < 4.78 is 3.65. The fourth-order valence-electron chi connectivity index (χ4n) is 3.29. The molecular weight excluding hydrogens is 336 g/mol. The van der Waals surface area contributed by atoms with Gasteiger partial charge in [-0.15, -0.1) is 5.10 Å². The van der Waals surface area contributed by atoms with Crippen molar-refractivity contribution < 1.29 is 0 Å². The van der Waals surface area contributed by atoms with Gasteiger partial charge in [-0.2, -0.15) is 5.10 Å². The molecule has 0 atom stereocenters. The number of rotatable bonds is 5. The first-order valence-electron chi connectivity index (χ1n) is 9.00. The lowest BCUT2D eigenvalue weighted by Gasteiger charge is -2.02. The zero-order chi connectivity index (χ0) is 18.1.